The maximum Gasteiger partial charge on any atom is 0.241 e. The molecule has 0 aliphatic heterocycles. The van der Waals surface area contributed by atoms with Gasteiger partial charge < -0.3 is 0 Å². The van der Waals surface area contributed by atoms with E-state index in [-0.39, 0.29) is 12.0 Å². The Bertz CT molecular complexity index is 714. The number of benzene rings is 1. The Kier molecular flexibility index (Phi) is 4.20. The molecule has 6 heteroatoms. The van der Waals surface area contributed by atoms with Gasteiger partial charge >= 0.3 is 0 Å². The van der Waals surface area contributed by atoms with Crippen LogP contribution < -0.4 is 4.72 Å². The number of aryl methyl sites for hydroxylation is 1. The Balaban J connectivity index is 2.31. The molecule has 0 atom stereocenters. The van der Waals surface area contributed by atoms with Crippen LogP contribution in [0.5, 0.6) is 0 Å². The maximum atomic E-state index is 12.5. The van der Waals surface area contributed by atoms with Crippen LogP contribution in [0.3, 0.4) is 0 Å². The lowest BCUT2D eigenvalue weighted by molar-refractivity contribution is 0.575. The fraction of sp³-hybridized carbons (Fsp3) is 0.400. The number of aromatic amines is 1. The number of H-pyrrole nitrogens is 1. The number of aromatic nitrogens is 2. The van der Waals surface area contributed by atoms with E-state index in [2.05, 4.69) is 35.7 Å². The molecule has 0 radical (unpaired) electrons. The molecule has 1 aromatic heterocycles. The summed E-state index contributed by atoms with van der Waals surface area (Å²) in [5.74, 6) is 0. The average Bonchev–Trinajstić information content (AvgIpc) is 2.88. The average molecular weight is 307 g/mol. The molecule has 2 aromatic rings. The molecular weight excluding hydrogens is 286 g/mol. The van der Waals surface area contributed by atoms with E-state index in [9.17, 15) is 8.42 Å². The number of sulfonamides is 1. The third kappa shape index (κ3) is 3.71. The van der Waals surface area contributed by atoms with E-state index in [0.717, 1.165) is 16.7 Å². The SMILES string of the molecule is Cc1ccc(C(C)(C)C)cc1S(=O)(=O)NCc1cn[nH]c1. The topological polar surface area (TPSA) is 74.8 Å². The van der Waals surface area contributed by atoms with E-state index in [0.29, 0.717) is 4.90 Å². The molecule has 0 fully saturated rings. The van der Waals surface area contributed by atoms with Gasteiger partial charge in [0.05, 0.1) is 11.1 Å². The lowest BCUT2D eigenvalue weighted by Crippen LogP contribution is -2.24. The summed E-state index contributed by atoms with van der Waals surface area (Å²) in [6, 6.07) is 5.59. The fourth-order valence-electron chi connectivity index (χ4n) is 1.99. The first-order valence-electron chi connectivity index (χ1n) is 6.78. The van der Waals surface area contributed by atoms with Gasteiger partial charge in [-0.3, -0.25) is 5.10 Å². The van der Waals surface area contributed by atoms with Crippen molar-refractivity contribution in [3.05, 3.63) is 47.3 Å². The minimum atomic E-state index is -3.54. The Morgan fingerprint density at radius 1 is 1.29 bits per heavy atom. The van der Waals surface area contributed by atoms with Crippen LogP contribution in [0.2, 0.25) is 0 Å². The van der Waals surface area contributed by atoms with Crippen LogP contribution in [0.15, 0.2) is 35.5 Å². The lowest BCUT2D eigenvalue weighted by atomic mass is 9.87. The molecule has 2 rings (SSSR count). The second-order valence-electron chi connectivity index (χ2n) is 6.16. The van der Waals surface area contributed by atoms with E-state index >= 15 is 0 Å². The lowest BCUT2D eigenvalue weighted by Gasteiger charge is -2.20. The van der Waals surface area contributed by atoms with Crippen LogP contribution in [-0.2, 0) is 22.0 Å². The highest BCUT2D eigenvalue weighted by Crippen LogP contribution is 2.26. The summed E-state index contributed by atoms with van der Waals surface area (Å²) >= 11 is 0. The second kappa shape index (κ2) is 5.61. The van der Waals surface area contributed by atoms with Gasteiger partial charge in [-0.05, 0) is 29.5 Å². The van der Waals surface area contributed by atoms with Crippen molar-refractivity contribution in [1.29, 1.82) is 0 Å². The van der Waals surface area contributed by atoms with Crippen LogP contribution in [0.4, 0.5) is 0 Å². The normalized spacial score (nSPS) is 12.6. The number of rotatable bonds is 4. The highest BCUT2D eigenvalue weighted by molar-refractivity contribution is 7.89. The molecule has 0 unspecified atom stereocenters. The third-order valence-corrected chi connectivity index (χ3v) is 4.91. The van der Waals surface area contributed by atoms with Crippen molar-refractivity contribution >= 4 is 10.0 Å². The zero-order valence-corrected chi connectivity index (χ0v) is 13.6. The molecule has 0 aliphatic carbocycles. The highest BCUT2D eigenvalue weighted by Gasteiger charge is 2.21. The number of nitrogens with one attached hydrogen (secondary N) is 2. The quantitative estimate of drug-likeness (QED) is 0.911. The molecule has 114 valence electrons. The summed E-state index contributed by atoms with van der Waals surface area (Å²) in [4.78, 5) is 0.332. The van der Waals surface area contributed by atoms with Gasteiger partial charge in [0.15, 0.2) is 0 Å². The van der Waals surface area contributed by atoms with Crippen LogP contribution in [0, 0.1) is 6.92 Å². The third-order valence-electron chi connectivity index (χ3n) is 3.36. The van der Waals surface area contributed by atoms with Gasteiger partial charge in [0.2, 0.25) is 10.0 Å². The fourth-order valence-corrected chi connectivity index (χ4v) is 3.27. The van der Waals surface area contributed by atoms with E-state index in [4.69, 9.17) is 0 Å². The predicted molar refractivity (Wildman–Crippen MR) is 82.5 cm³/mol. The summed E-state index contributed by atoms with van der Waals surface area (Å²) < 4.78 is 27.6. The number of hydrogen-bond donors (Lipinski definition) is 2. The van der Waals surface area contributed by atoms with E-state index in [1.807, 2.05) is 12.1 Å². The Labute approximate surface area is 125 Å². The Morgan fingerprint density at radius 3 is 2.57 bits per heavy atom. The molecule has 0 bridgehead atoms. The molecule has 0 spiro atoms. The molecule has 0 amide bonds. The van der Waals surface area contributed by atoms with Crippen LogP contribution in [0.1, 0.15) is 37.5 Å². The van der Waals surface area contributed by atoms with E-state index < -0.39 is 10.0 Å². The molecule has 21 heavy (non-hydrogen) atoms. The smallest absolute Gasteiger partial charge is 0.241 e. The number of hydrogen-bond acceptors (Lipinski definition) is 3. The first-order valence-corrected chi connectivity index (χ1v) is 8.27. The maximum absolute atomic E-state index is 12.5. The first kappa shape index (κ1) is 15.7. The first-order chi connectivity index (χ1) is 9.70. The van der Waals surface area contributed by atoms with Crippen molar-refractivity contribution in [3.8, 4) is 0 Å². The van der Waals surface area contributed by atoms with Gasteiger partial charge in [-0.1, -0.05) is 32.9 Å². The Morgan fingerprint density at radius 2 is 2.00 bits per heavy atom. The predicted octanol–water partition coefficient (Wildman–Crippen LogP) is 2.49. The van der Waals surface area contributed by atoms with Crippen LogP contribution in [0.25, 0.3) is 0 Å². The molecular formula is C15H21N3O2S. The zero-order chi connectivity index (χ0) is 15.7. The molecule has 2 N–H and O–H groups in total. The molecule has 0 aliphatic rings. The summed E-state index contributed by atoms with van der Waals surface area (Å²) in [6.45, 7) is 8.21. The monoisotopic (exact) mass is 307 g/mol. The van der Waals surface area contributed by atoms with Gasteiger partial charge in [-0.15, -0.1) is 0 Å². The minimum Gasteiger partial charge on any atom is -0.285 e. The van der Waals surface area contributed by atoms with Crippen LogP contribution >= 0.6 is 0 Å². The number of nitrogens with zero attached hydrogens (tertiary/aromatic N) is 1. The largest absolute Gasteiger partial charge is 0.285 e. The van der Waals surface area contributed by atoms with Crippen molar-refractivity contribution in [2.24, 2.45) is 0 Å². The molecule has 0 saturated carbocycles. The van der Waals surface area contributed by atoms with Crippen molar-refractivity contribution in [2.75, 3.05) is 0 Å². The highest BCUT2D eigenvalue weighted by atomic mass is 32.2. The summed E-state index contributed by atoms with van der Waals surface area (Å²) in [6.07, 6.45) is 3.27. The van der Waals surface area contributed by atoms with Gasteiger partial charge in [-0.2, -0.15) is 5.10 Å². The molecule has 0 saturated heterocycles. The van der Waals surface area contributed by atoms with Gasteiger partial charge in [0.25, 0.3) is 0 Å². The minimum absolute atomic E-state index is 0.0947. The van der Waals surface area contributed by atoms with Crippen LogP contribution in [-0.4, -0.2) is 18.6 Å². The van der Waals surface area contributed by atoms with Crippen molar-refractivity contribution in [1.82, 2.24) is 14.9 Å². The van der Waals surface area contributed by atoms with E-state index in [1.54, 1.807) is 25.4 Å². The second-order valence-corrected chi connectivity index (χ2v) is 7.90. The van der Waals surface area contributed by atoms with Gasteiger partial charge in [0.1, 0.15) is 0 Å². The Hall–Kier alpha value is -1.66. The van der Waals surface area contributed by atoms with Gasteiger partial charge in [-0.25, -0.2) is 13.1 Å². The molecule has 1 heterocycles. The summed E-state index contributed by atoms with van der Waals surface area (Å²) in [7, 11) is -3.54. The summed E-state index contributed by atoms with van der Waals surface area (Å²) in [5, 5.41) is 6.46. The van der Waals surface area contributed by atoms with E-state index in [1.165, 1.54) is 0 Å². The van der Waals surface area contributed by atoms with Gasteiger partial charge in [0, 0.05) is 18.3 Å². The summed E-state index contributed by atoms with van der Waals surface area (Å²) in [5.41, 5.74) is 2.44. The molecule has 1 aromatic carbocycles. The van der Waals surface area contributed by atoms with Crippen molar-refractivity contribution in [2.45, 2.75) is 44.6 Å². The molecule has 5 nitrogen and oxygen atoms in total. The van der Waals surface area contributed by atoms with Crippen molar-refractivity contribution < 1.29 is 8.42 Å². The zero-order valence-electron chi connectivity index (χ0n) is 12.8. The van der Waals surface area contributed by atoms with Crippen molar-refractivity contribution in [3.63, 3.8) is 0 Å². The standard InChI is InChI=1S/C15H21N3O2S/c1-11-5-6-13(15(2,3)4)7-14(11)21(19,20)18-10-12-8-16-17-9-12/h5-9,18H,10H2,1-4H3,(H,16,17).